The van der Waals surface area contributed by atoms with Crippen molar-refractivity contribution in [3.8, 4) is 0 Å². The molecular weight excluding hydrogens is 258 g/mol. The van der Waals surface area contributed by atoms with Gasteiger partial charge >= 0.3 is 0 Å². The van der Waals surface area contributed by atoms with E-state index in [4.69, 9.17) is 0 Å². The molecule has 0 aliphatic heterocycles. The zero-order valence-electron chi connectivity index (χ0n) is 11.4. The molecule has 0 fully saturated rings. The Hall–Kier alpha value is -1.74. The van der Waals surface area contributed by atoms with Gasteiger partial charge in [0, 0.05) is 12.5 Å². The zero-order valence-corrected chi connectivity index (χ0v) is 11.4. The first-order valence-electron chi connectivity index (χ1n) is 6.78. The topological polar surface area (TPSA) is 20.2 Å². The second kappa shape index (κ2) is 6.62. The average molecular weight is 276 g/mol. The van der Waals surface area contributed by atoms with Gasteiger partial charge in [0.05, 0.1) is 6.10 Å². The fourth-order valence-electron chi connectivity index (χ4n) is 2.20. The van der Waals surface area contributed by atoms with Crippen molar-refractivity contribution in [2.75, 3.05) is 0 Å². The van der Waals surface area contributed by atoms with Crippen LogP contribution in [0.4, 0.5) is 8.78 Å². The minimum Gasteiger partial charge on any atom is -0.392 e. The summed E-state index contributed by atoms with van der Waals surface area (Å²) < 4.78 is 26.3. The van der Waals surface area contributed by atoms with Crippen LogP contribution in [0.15, 0.2) is 42.5 Å². The van der Waals surface area contributed by atoms with Crippen LogP contribution in [0.5, 0.6) is 0 Å². The normalized spacial score (nSPS) is 12.4. The predicted molar refractivity (Wildman–Crippen MR) is 75.6 cm³/mol. The number of halogens is 2. The van der Waals surface area contributed by atoms with Gasteiger partial charge in [-0.15, -0.1) is 0 Å². The van der Waals surface area contributed by atoms with E-state index < -0.39 is 17.7 Å². The zero-order chi connectivity index (χ0) is 14.5. The van der Waals surface area contributed by atoms with E-state index in [0.29, 0.717) is 12.0 Å². The number of aryl methyl sites for hydroxylation is 1. The van der Waals surface area contributed by atoms with Gasteiger partial charge in [-0.25, -0.2) is 8.78 Å². The Kier molecular flexibility index (Phi) is 4.85. The Balaban J connectivity index is 1.99. The highest BCUT2D eigenvalue weighted by atomic mass is 19.1. The summed E-state index contributed by atoms with van der Waals surface area (Å²) in [5.74, 6) is -1.21. The third-order valence-electron chi connectivity index (χ3n) is 3.37. The smallest absolute Gasteiger partial charge is 0.129 e. The van der Waals surface area contributed by atoms with Gasteiger partial charge in [-0.2, -0.15) is 0 Å². The Morgan fingerprint density at radius 1 is 0.950 bits per heavy atom. The summed E-state index contributed by atoms with van der Waals surface area (Å²) >= 11 is 0. The van der Waals surface area contributed by atoms with E-state index in [-0.39, 0.29) is 6.42 Å². The monoisotopic (exact) mass is 276 g/mol. The van der Waals surface area contributed by atoms with Gasteiger partial charge < -0.3 is 5.11 Å². The van der Waals surface area contributed by atoms with Crippen LogP contribution in [0.2, 0.25) is 0 Å². The highest BCUT2D eigenvalue weighted by molar-refractivity contribution is 5.24. The van der Waals surface area contributed by atoms with E-state index in [9.17, 15) is 13.9 Å². The molecule has 2 aromatic rings. The maximum Gasteiger partial charge on any atom is 0.129 e. The van der Waals surface area contributed by atoms with Crippen LogP contribution in [0.25, 0.3) is 0 Å². The van der Waals surface area contributed by atoms with Crippen molar-refractivity contribution in [3.05, 3.63) is 70.8 Å². The second-order valence-corrected chi connectivity index (χ2v) is 4.97. The van der Waals surface area contributed by atoms with E-state index in [1.54, 1.807) is 0 Å². The third kappa shape index (κ3) is 3.87. The molecule has 1 N–H and O–H groups in total. The number of aliphatic hydroxyl groups excluding tert-OH is 1. The first-order chi connectivity index (χ1) is 9.58. The summed E-state index contributed by atoms with van der Waals surface area (Å²) in [7, 11) is 0. The molecule has 1 nitrogen and oxygen atoms in total. The van der Waals surface area contributed by atoms with Crippen LogP contribution in [-0.2, 0) is 19.3 Å². The van der Waals surface area contributed by atoms with Gasteiger partial charge in [0.25, 0.3) is 0 Å². The lowest BCUT2D eigenvalue weighted by Gasteiger charge is -2.12. The molecule has 106 valence electrons. The number of hydrogen-bond donors (Lipinski definition) is 1. The van der Waals surface area contributed by atoms with Gasteiger partial charge in [0.1, 0.15) is 11.6 Å². The Bertz CT molecular complexity index is 564. The highest BCUT2D eigenvalue weighted by Crippen LogP contribution is 2.14. The molecule has 0 saturated carbocycles. The molecule has 0 spiro atoms. The number of aliphatic hydroxyl groups is 1. The van der Waals surface area contributed by atoms with Crippen molar-refractivity contribution in [2.24, 2.45) is 0 Å². The Morgan fingerprint density at radius 2 is 1.60 bits per heavy atom. The number of benzene rings is 2. The molecule has 1 atom stereocenters. The van der Waals surface area contributed by atoms with Crippen molar-refractivity contribution in [1.29, 1.82) is 0 Å². The number of rotatable bonds is 5. The maximum atomic E-state index is 13.5. The summed E-state index contributed by atoms with van der Waals surface area (Å²) in [6.07, 6.45) is 0.939. The molecule has 1 unspecified atom stereocenters. The van der Waals surface area contributed by atoms with Crippen LogP contribution in [0.3, 0.4) is 0 Å². The molecule has 0 aromatic heterocycles. The van der Waals surface area contributed by atoms with E-state index in [1.165, 1.54) is 17.7 Å². The lowest BCUT2D eigenvalue weighted by Crippen LogP contribution is -2.15. The molecule has 0 amide bonds. The van der Waals surface area contributed by atoms with Gasteiger partial charge in [0.2, 0.25) is 0 Å². The standard InChI is InChI=1S/C17H18F2O/c1-2-12-3-5-13(6-4-12)9-16(20)10-14-7-8-15(18)11-17(14)19/h3-8,11,16,20H,2,9-10H2,1H3. The van der Waals surface area contributed by atoms with Gasteiger partial charge in [0.15, 0.2) is 0 Å². The Morgan fingerprint density at radius 3 is 2.20 bits per heavy atom. The molecule has 0 aliphatic rings. The van der Waals surface area contributed by atoms with Gasteiger partial charge in [-0.05, 0) is 35.6 Å². The van der Waals surface area contributed by atoms with Gasteiger partial charge in [-0.3, -0.25) is 0 Å². The Labute approximate surface area is 117 Å². The molecule has 0 radical (unpaired) electrons. The molecule has 3 heteroatoms. The maximum absolute atomic E-state index is 13.5. The number of hydrogen-bond acceptors (Lipinski definition) is 1. The van der Waals surface area contributed by atoms with Crippen LogP contribution in [0, 0.1) is 11.6 Å². The van der Waals surface area contributed by atoms with Crippen LogP contribution in [0.1, 0.15) is 23.6 Å². The van der Waals surface area contributed by atoms with Crippen molar-refractivity contribution >= 4 is 0 Å². The molecule has 0 bridgehead atoms. The van der Waals surface area contributed by atoms with Crippen molar-refractivity contribution in [1.82, 2.24) is 0 Å². The highest BCUT2D eigenvalue weighted by Gasteiger charge is 2.11. The van der Waals surface area contributed by atoms with Gasteiger partial charge in [-0.1, -0.05) is 37.3 Å². The largest absolute Gasteiger partial charge is 0.392 e. The SMILES string of the molecule is CCc1ccc(CC(O)Cc2ccc(F)cc2F)cc1. The predicted octanol–water partition coefficient (Wildman–Crippen LogP) is 3.67. The van der Waals surface area contributed by atoms with E-state index in [0.717, 1.165) is 18.1 Å². The first-order valence-corrected chi connectivity index (χ1v) is 6.78. The molecular formula is C17H18F2O. The first kappa shape index (κ1) is 14.7. The van der Waals surface area contributed by atoms with E-state index >= 15 is 0 Å². The lowest BCUT2D eigenvalue weighted by atomic mass is 10.00. The quantitative estimate of drug-likeness (QED) is 0.883. The molecule has 2 aromatic carbocycles. The summed E-state index contributed by atoms with van der Waals surface area (Å²) in [5.41, 5.74) is 2.59. The molecule has 0 heterocycles. The molecule has 0 aliphatic carbocycles. The minimum atomic E-state index is -0.678. The van der Waals surface area contributed by atoms with Crippen molar-refractivity contribution in [3.63, 3.8) is 0 Å². The molecule has 0 saturated heterocycles. The van der Waals surface area contributed by atoms with Crippen LogP contribution in [-0.4, -0.2) is 11.2 Å². The minimum absolute atomic E-state index is 0.182. The van der Waals surface area contributed by atoms with Crippen molar-refractivity contribution in [2.45, 2.75) is 32.3 Å². The lowest BCUT2D eigenvalue weighted by molar-refractivity contribution is 0.174. The third-order valence-corrected chi connectivity index (χ3v) is 3.37. The fourth-order valence-corrected chi connectivity index (χ4v) is 2.20. The van der Waals surface area contributed by atoms with E-state index in [1.807, 2.05) is 24.3 Å². The summed E-state index contributed by atoms with van der Waals surface area (Å²) in [4.78, 5) is 0. The van der Waals surface area contributed by atoms with E-state index in [2.05, 4.69) is 6.92 Å². The average Bonchev–Trinajstić information content (AvgIpc) is 2.43. The molecule has 20 heavy (non-hydrogen) atoms. The summed E-state index contributed by atoms with van der Waals surface area (Å²) in [6, 6.07) is 11.4. The van der Waals surface area contributed by atoms with Crippen molar-refractivity contribution < 1.29 is 13.9 Å². The molecule has 2 rings (SSSR count). The second-order valence-electron chi connectivity index (χ2n) is 4.97. The van der Waals surface area contributed by atoms with Crippen LogP contribution >= 0.6 is 0 Å². The summed E-state index contributed by atoms with van der Waals surface area (Å²) in [6.45, 7) is 2.08. The van der Waals surface area contributed by atoms with Crippen LogP contribution < -0.4 is 0 Å². The fraction of sp³-hybridized carbons (Fsp3) is 0.294. The summed E-state index contributed by atoms with van der Waals surface area (Å²) in [5, 5.41) is 10.0.